The normalized spacial score (nSPS) is 11.1. The fraction of sp³-hybridized carbons (Fsp3) is 0.316. The number of hydrogen-bond donors (Lipinski definition) is 2. The molecular formula is C19H22Cl2N4O3. The van der Waals surface area contributed by atoms with E-state index in [4.69, 9.17) is 28.9 Å². The molecule has 0 bridgehead atoms. The highest BCUT2D eigenvalue weighted by Gasteiger charge is 2.21. The predicted molar refractivity (Wildman–Crippen MR) is 114 cm³/mol. The van der Waals surface area contributed by atoms with Crippen molar-refractivity contribution in [1.29, 1.82) is 0 Å². The molecule has 7 nitrogen and oxygen atoms in total. The molecule has 0 aliphatic carbocycles. The second kappa shape index (κ2) is 9.61. The number of nitrogens with one attached hydrogen (secondary N) is 1. The summed E-state index contributed by atoms with van der Waals surface area (Å²) in [5.41, 5.74) is 5.42. The Kier molecular flexibility index (Phi) is 7.48. The van der Waals surface area contributed by atoms with E-state index in [1.165, 1.54) is 15.5 Å². The molecule has 0 saturated heterocycles. The van der Waals surface area contributed by atoms with Crippen molar-refractivity contribution in [1.82, 2.24) is 9.55 Å². The molecule has 0 aliphatic rings. The van der Waals surface area contributed by atoms with Crippen LogP contribution in [-0.2, 0) is 11.3 Å². The number of aromatic amines is 1. The Hall–Kier alpha value is -2.51. The topological polar surface area (TPSA) is 101 Å². The molecule has 1 aromatic carbocycles. The van der Waals surface area contributed by atoms with Crippen molar-refractivity contribution >= 4 is 46.7 Å². The Bertz CT molecular complexity index is 1010. The van der Waals surface area contributed by atoms with Crippen molar-refractivity contribution in [2.45, 2.75) is 33.2 Å². The van der Waals surface area contributed by atoms with Gasteiger partial charge in [0.2, 0.25) is 0 Å². The van der Waals surface area contributed by atoms with Crippen molar-refractivity contribution in [3.05, 3.63) is 60.7 Å². The van der Waals surface area contributed by atoms with Crippen LogP contribution in [0.1, 0.15) is 32.3 Å². The van der Waals surface area contributed by atoms with Gasteiger partial charge in [0.05, 0.1) is 10.0 Å². The van der Waals surface area contributed by atoms with Gasteiger partial charge < -0.3 is 10.6 Å². The number of H-pyrrole nitrogens is 1. The summed E-state index contributed by atoms with van der Waals surface area (Å²) in [6, 6.07) is 4.95. The van der Waals surface area contributed by atoms with Gasteiger partial charge in [-0.05, 0) is 37.1 Å². The van der Waals surface area contributed by atoms with Gasteiger partial charge in [0.25, 0.3) is 11.5 Å². The first-order valence-corrected chi connectivity index (χ1v) is 9.62. The smallest absolute Gasteiger partial charge is 0.330 e. The zero-order valence-corrected chi connectivity index (χ0v) is 17.2. The van der Waals surface area contributed by atoms with Gasteiger partial charge in [-0.3, -0.25) is 19.1 Å². The highest BCUT2D eigenvalue weighted by atomic mass is 35.5. The lowest BCUT2D eigenvalue weighted by atomic mass is 10.2. The average molecular weight is 425 g/mol. The van der Waals surface area contributed by atoms with Crippen LogP contribution in [-0.4, -0.2) is 22.0 Å². The molecule has 0 radical (unpaired) electrons. The highest BCUT2D eigenvalue weighted by molar-refractivity contribution is 6.42. The van der Waals surface area contributed by atoms with E-state index in [0.29, 0.717) is 28.6 Å². The van der Waals surface area contributed by atoms with Crippen LogP contribution in [0.4, 0.5) is 11.5 Å². The third kappa shape index (κ3) is 4.85. The molecule has 1 aromatic heterocycles. The molecule has 2 aromatic rings. The van der Waals surface area contributed by atoms with Crippen LogP contribution in [0, 0.1) is 0 Å². The highest BCUT2D eigenvalue weighted by Crippen LogP contribution is 2.23. The van der Waals surface area contributed by atoms with Crippen LogP contribution in [0.15, 0.2) is 33.9 Å². The van der Waals surface area contributed by atoms with Crippen molar-refractivity contribution in [3.63, 3.8) is 0 Å². The lowest BCUT2D eigenvalue weighted by Gasteiger charge is -2.21. The minimum absolute atomic E-state index is 0.0275. The predicted octanol–water partition coefficient (Wildman–Crippen LogP) is 3.29. The van der Waals surface area contributed by atoms with Crippen LogP contribution in [0.3, 0.4) is 0 Å². The van der Waals surface area contributed by atoms with Gasteiger partial charge in [-0.2, -0.15) is 0 Å². The van der Waals surface area contributed by atoms with E-state index >= 15 is 0 Å². The lowest BCUT2D eigenvalue weighted by Crippen LogP contribution is -2.40. The number of carbonyl (C=O) groups is 1. The van der Waals surface area contributed by atoms with Gasteiger partial charge in [0.15, 0.2) is 5.69 Å². The Morgan fingerprint density at radius 2 is 1.96 bits per heavy atom. The van der Waals surface area contributed by atoms with Gasteiger partial charge in [-0.25, -0.2) is 4.79 Å². The number of likely N-dealkylation sites (N-methyl/N-ethyl adjacent to an activating group) is 1. The fourth-order valence-corrected chi connectivity index (χ4v) is 2.98. The average Bonchev–Trinajstić information content (AvgIpc) is 2.65. The fourth-order valence-electron chi connectivity index (χ4n) is 2.67. The van der Waals surface area contributed by atoms with Crippen LogP contribution >= 0.6 is 23.2 Å². The number of hydrogen-bond acceptors (Lipinski definition) is 4. The van der Waals surface area contributed by atoms with E-state index in [9.17, 15) is 14.4 Å². The molecule has 28 heavy (non-hydrogen) atoms. The van der Waals surface area contributed by atoms with E-state index in [1.54, 1.807) is 31.2 Å². The number of unbranched alkanes of at least 4 members (excludes halogenated alkanes) is 1. The zero-order chi connectivity index (χ0) is 20.8. The largest absolute Gasteiger partial charge is 0.383 e. The van der Waals surface area contributed by atoms with Gasteiger partial charge in [-0.15, -0.1) is 0 Å². The summed E-state index contributed by atoms with van der Waals surface area (Å²) in [5, 5.41) is 0.779. The molecule has 0 saturated carbocycles. The van der Waals surface area contributed by atoms with Crippen molar-refractivity contribution in [3.8, 4) is 0 Å². The third-order valence-corrected chi connectivity index (χ3v) is 4.90. The summed E-state index contributed by atoms with van der Waals surface area (Å²) >= 11 is 11.9. The Balaban J connectivity index is 2.39. The van der Waals surface area contributed by atoms with Crippen molar-refractivity contribution in [2.75, 3.05) is 17.2 Å². The number of benzene rings is 1. The molecular weight excluding hydrogens is 403 g/mol. The van der Waals surface area contributed by atoms with Gasteiger partial charge in [0.1, 0.15) is 5.82 Å². The zero-order valence-electron chi connectivity index (χ0n) is 15.7. The molecule has 1 heterocycles. The summed E-state index contributed by atoms with van der Waals surface area (Å²) in [4.78, 5) is 40.6. The molecule has 0 unspecified atom stereocenters. The Morgan fingerprint density at radius 1 is 1.25 bits per heavy atom. The minimum atomic E-state index is -0.701. The maximum absolute atomic E-state index is 12.7. The number of nitrogens with two attached hydrogens (primary N) is 1. The molecule has 0 aliphatic heterocycles. The van der Waals surface area contributed by atoms with Gasteiger partial charge in [-0.1, -0.05) is 42.6 Å². The molecule has 0 fully saturated rings. The van der Waals surface area contributed by atoms with Crippen LogP contribution in [0.2, 0.25) is 10.0 Å². The van der Waals surface area contributed by atoms with E-state index < -0.39 is 17.2 Å². The summed E-state index contributed by atoms with van der Waals surface area (Å²) in [6.45, 7) is 4.24. The second-order valence-electron chi connectivity index (χ2n) is 6.09. The standard InChI is InChI=1S/C19H22Cl2N4O3/c1-3-5-10-25-17(22)16(18(27)23-19(25)28)24(4-2)15(26)9-7-12-6-8-13(20)14(21)11-12/h6-9,11H,3-5,10,22H2,1-2H3,(H,23,27,28)/b9-7+. The Morgan fingerprint density at radius 3 is 2.57 bits per heavy atom. The Labute approximate surface area is 172 Å². The van der Waals surface area contributed by atoms with Crippen molar-refractivity contribution < 1.29 is 4.79 Å². The first-order chi connectivity index (χ1) is 13.3. The molecule has 3 N–H and O–H groups in total. The van der Waals surface area contributed by atoms with E-state index in [1.807, 2.05) is 6.92 Å². The number of halogens is 2. The number of anilines is 2. The number of nitrogens with zero attached hydrogens (tertiary/aromatic N) is 2. The van der Waals surface area contributed by atoms with Crippen molar-refractivity contribution in [2.24, 2.45) is 0 Å². The summed E-state index contributed by atoms with van der Waals surface area (Å²) in [7, 11) is 0. The van der Waals surface area contributed by atoms with E-state index in [0.717, 1.165) is 6.42 Å². The van der Waals surface area contributed by atoms with Crippen LogP contribution in [0.5, 0.6) is 0 Å². The molecule has 0 spiro atoms. The molecule has 150 valence electrons. The second-order valence-corrected chi connectivity index (χ2v) is 6.90. The summed E-state index contributed by atoms with van der Waals surface area (Å²) in [5.74, 6) is -0.480. The first-order valence-electron chi connectivity index (χ1n) is 8.87. The summed E-state index contributed by atoms with van der Waals surface area (Å²) < 4.78 is 1.28. The molecule has 0 atom stereocenters. The number of aromatic nitrogens is 2. The van der Waals surface area contributed by atoms with Gasteiger partial charge in [0, 0.05) is 19.2 Å². The molecule has 1 amide bonds. The molecule has 2 rings (SSSR count). The number of nitrogen functional groups attached to an aromatic ring is 1. The third-order valence-electron chi connectivity index (χ3n) is 4.16. The van der Waals surface area contributed by atoms with Crippen LogP contribution < -0.4 is 21.9 Å². The van der Waals surface area contributed by atoms with E-state index in [2.05, 4.69) is 4.98 Å². The minimum Gasteiger partial charge on any atom is -0.383 e. The quantitative estimate of drug-likeness (QED) is 0.665. The van der Waals surface area contributed by atoms with E-state index in [-0.39, 0.29) is 18.1 Å². The maximum atomic E-state index is 12.7. The SMILES string of the molecule is CCCCn1c(N)c(N(CC)C(=O)/C=C/c2ccc(Cl)c(Cl)c2)c(=O)[nH]c1=O. The maximum Gasteiger partial charge on any atom is 0.330 e. The first kappa shape index (κ1) is 21.8. The van der Waals surface area contributed by atoms with Gasteiger partial charge >= 0.3 is 5.69 Å². The number of carbonyl (C=O) groups excluding carboxylic acids is 1. The monoisotopic (exact) mass is 424 g/mol. The number of amides is 1. The lowest BCUT2D eigenvalue weighted by molar-refractivity contribution is -0.114. The summed E-state index contributed by atoms with van der Waals surface area (Å²) in [6.07, 6.45) is 4.43. The number of rotatable bonds is 7. The molecule has 9 heteroatoms. The van der Waals surface area contributed by atoms with Crippen LogP contribution in [0.25, 0.3) is 6.08 Å².